The van der Waals surface area contributed by atoms with Crippen LogP contribution in [0.4, 0.5) is 4.79 Å². The van der Waals surface area contributed by atoms with E-state index in [0.29, 0.717) is 19.1 Å². The Morgan fingerprint density at radius 3 is 2.83 bits per heavy atom. The van der Waals surface area contributed by atoms with Crippen molar-refractivity contribution < 1.29 is 19.4 Å². The average molecular weight is 323 g/mol. The van der Waals surface area contributed by atoms with Crippen LogP contribution in [0.15, 0.2) is 24.3 Å². The van der Waals surface area contributed by atoms with E-state index in [1.807, 2.05) is 24.3 Å². The summed E-state index contributed by atoms with van der Waals surface area (Å²) in [5.74, 6) is 0.794. The van der Waals surface area contributed by atoms with Gasteiger partial charge in [-0.15, -0.1) is 0 Å². The van der Waals surface area contributed by atoms with Crippen LogP contribution in [0.2, 0.25) is 0 Å². The summed E-state index contributed by atoms with van der Waals surface area (Å²) < 4.78 is 5.25. The van der Waals surface area contributed by atoms with Gasteiger partial charge in [-0.05, 0) is 31.9 Å². The van der Waals surface area contributed by atoms with E-state index in [1.165, 1.54) is 12.8 Å². The predicted molar refractivity (Wildman–Crippen MR) is 87.6 cm³/mol. The SMILES string of the molecule is COc1ccccc1CNC(=O)NCC[C@@H]1CCCN1.O=CO. The summed E-state index contributed by atoms with van der Waals surface area (Å²) >= 11 is 0. The number of ether oxygens (including phenoxy) is 1. The first-order valence-corrected chi connectivity index (χ1v) is 7.66. The number of carbonyl (C=O) groups excluding carboxylic acids is 1. The number of nitrogens with one attached hydrogen (secondary N) is 3. The molecule has 0 aromatic heterocycles. The van der Waals surface area contributed by atoms with Gasteiger partial charge in [0.05, 0.1) is 7.11 Å². The number of hydrogen-bond acceptors (Lipinski definition) is 4. The molecule has 0 radical (unpaired) electrons. The van der Waals surface area contributed by atoms with E-state index >= 15 is 0 Å². The first-order valence-electron chi connectivity index (χ1n) is 7.66. The summed E-state index contributed by atoms with van der Waals surface area (Å²) in [6, 6.07) is 8.11. The van der Waals surface area contributed by atoms with Gasteiger partial charge in [-0.2, -0.15) is 0 Å². The minimum absolute atomic E-state index is 0.131. The summed E-state index contributed by atoms with van der Waals surface area (Å²) in [6.45, 7) is 2.03. The predicted octanol–water partition coefficient (Wildman–Crippen LogP) is 1.34. The highest BCUT2D eigenvalue weighted by Crippen LogP contribution is 2.16. The lowest BCUT2D eigenvalue weighted by molar-refractivity contribution is -0.122. The number of methoxy groups -OCH3 is 1. The minimum Gasteiger partial charge on any atom is -0.496 e. The van der Waals surface area contributed by atoms with Gasteiger partial charge in [-0.25, -0.2) is 4.79 Å². The molecule has 2 amide bonds. The topological polar surface area (TPSA) is 99.7 Å². The van der Waals surface area contributed by atoms with E-state index in [4.69, 9.17) is 14.6 Å². The maximum absolute atomic E-state index is 11.7. The molecule has 1 saturated heterocycles. The molecule has 1 aliphatic heterocycles. The lowest BCUT2D eigenvalue weighted by Gasteiger charge is -2.12. The molecule has 4 N–H and O–H groups in total. The summed E-state index contributed by atoms with van der Waals surface area (Å²) in [4.78, 5) is 20.1. The summed E-state index contributed by atoms with van der Waals surface area (Å²) in [6.07, 6.45) is 3.44. The van der Waals surface area contributed by atoms with Crippen LogP contribution in [-0.2, 0) is 11.3 Å². The highest BCUT2D eigenvalue weighted by Gasteiger charge is 2.13. The molecule has 1 aromatic carbocycles. The van der Waals surface area contributed by atoms with Gasteiger partial charge >= 0.3 is 6.03 Å². The van der Waals surface area contributed by atoms with E-state index in [1.54, 1.807) is 7.11 Å². The molecule has 0 bridgehead atoms. The Labute approximate surface area is 136 Å². The van der Waals surface area contributed by atoms with Gasteiger partial charge in [0.25, 0.3) is 6.47 Å². The number of urea groups is 1. The average Bonchev–Trinajstić information content (AvgIpc) is 3.07. The number of carboxylic acid groups (broad SMARTS) is 1. The van der Waals surface area contributed by atoms with Crippen LogP contribution in [0.1, 0.15) is 24.8 Å². The lowest BCUT2D eigenvalue weighted by Crippen LogP contribution is -2.37. The number of benzene rings is 1. The fourth-order valence-corrected chi connectivity index (χ4v) is 2.45. The molecule has 1 fully saturated rings. The first kappa shape index (κ1) is 18.8. The fourth-order valence-electron chi connectivity index (χ4n) is 2.45. The van der Waals surface area contributed by atoms with Gasteiger partial charge in [0, 0.05) is 24.7 Å². The molecule has 0 aliphatic carbocycles. The number of hydrogen-bond donors (Lipinski definition) is 4. The normalized spacial score (nSPS) is 16.0. The lowest BCUT2D eigenvalue weighted by atomic mass is 10.1. The standard InChI is InChI=1S/C15H23N3O2.CH2O2/c1-20-14-7-3-2-5-12(14)11-18-15(19)17-10-8-13-6-4-9-16-13;2-1-3/h2-3,5,7,13,16H,4,6,8-11H2,1H3,(H2,17,18,19);1H,(H,2,3)/t13-;/m0./s1. The van der Waals surface area contributed by atoms with Crippen molar-refractivity contribution >= 4 is 12.5 Å². The molecular formula is C16H25N3O4. The van der Waals surface area contributed by atoms with Crippen LogP contribution >= 0.6 is 0 Å². The van der Waals surface area contributed by atoms with Crippen molar-refractivity contribution in [1.82, 2.24) is 16.0 Å². The van der Waals surface area contributed by atoms with Crippen molar-refractivity contribution in [3.63, 3.8) is 0 Å². The van der Waals surface area contributed by atoms with Crippen LogP contribution in [0.25, 0.3) is 0 Å². The summed E-state index contributed by atoms with van der Waals surface area (Å²) in [5, 5.41) is 16.0. The zero-order chi connectivity index (χ0) is 16.9. The molecule has 7 heteroatoms. The molecule has 23 heavy (non-hydrogen) atoms. The largest absolute Gasteiger partial charge is 0.496 e. The Kier molecular flexibility index (Phi) is 9.23. The van der Waals surface area contributed by atoms with Crippen LogP contribution < -0.4 is 20.7 Å². The highest BCUT2D eigenvalue weighted by molar-refractivity contribution is 5.73. The van der Waals surface area contributed by atoms with Gasteiger partial charge in [-0.1, -0.05) is 18.2 Å². The molecule has 1 heterocycles. The second-order valence-corrected chi connectivity index (χ2v) is 5.11. The monoisotopic (exact) mass is 323 g/mol. The zero-order valence-electron chi connectivity index (χ0n) is 13.4. The molecule has 1 aliphatic rings. The van der Waals surface area contributed by atoms with Crippen molar-refractivity contribution in [2.75, 3.05) is 20.2 Å². The maximum atomic E-state index is 11.7. The molecule has 7 nitrogen and oxygen atoms in total. The second kappa shape index (κ2) is 11.3. The minimum atomic E-state index is -0.250. The molecular weight excluding hydrogens is 298 g/mol. The highest BCUT2D eigenvalue weighted by atomic mass is 16.5. The van der Waals surface area contributed by atoms with Gasteiger partial charge in [0.15, 0.2) is 0 Å². The third kappa shape index (κ3) is 7.51. The number of para-hydroxylation sites is 1. The second-order valence-electron chi connectivity index (χ2n) is 5.11. The third-order valence-corrected chi connectivity index (χ3v) is 3.57. The van der Waals surface area contributed by atoms with Crippen LogP contribution in [0.3, 0.4) is 0 Å². The Morgan fingerprint density at radius 1 is 1.43 bits per heavy atom. The van der Waals surface area contributed by atoms with Crippen molar-refractivity contribution in [3.05, 3.63) is 29.8 Å². The summed E-state index contributed by atoms with van der Waals surface area (Å²) in [7, 11) is 1.63. The van der Waals surface area contributed by atoms with Crippen molar-refractivity contribution in [1.29, 1.82) is 0 Å². The van der Waals surface area contributed by atoms with Crippen LogP contribution in [-0.4, -0.2) is 43.9 Å². The van der Waals surface area contributed by atoms with Crippen molar-refractivity contribution in [2.45, 2.75) is 31.8 Å². The Morgan fingerprint density at radius 2 is 2.17 bits per heavy atom. The molecule has 128 valence electrons. The van der Waals surface area contributed by atoms with E-state index < -0.39 is 0 Å². The van der Waals surface area contributed by atoms with E-state index in [-0.39, 0.29) is 12.5 Å². The van der Waals surface area contributed by atoms with Gasteiger partial charge in [0.2, 0.25) is 0 Å². The van der Waals surface area contributed by atoms with Crippen molar-refractivity contribution in [2.24, 2.45) is 0 Å². The number of carbonyl (C=O) groups is 2. The molecule has 1 aromatic rings. The third-order valence-electron chi connectivity index (χ3n) is 3.57. The van der Waals surface area contributed by atoms with Crippen LogP contribution in [0, 0.1) is 0 Å². The Bertz CT molecular complexity index is 476. The fraction of sp³-hybridized carbons (Fsp3) is 0.500. The molecule has 0 unspecified atom stereocenters. The number of rotatable bonds is 6. The molecule has 0 spiro atoms. The van der Waals surface area contributed by atoms with Crippen molar-refractivity contribution in [3.8, 4) is 5.75 Å². The zero-order valence-corrected chi connectivity index (χ0v) is 13.4. The molecule has 0 saturated carbocycles. The van der Waals surface area contributed by atoms with Gasteiger partial charge < -0.3 is 25.8 Å². The maximum Gasteiger partial charge on any atom is 0.315 e. The number of amides is 2. The summed E-state index contributed by atoms with van der Waals surface area (Å²) in [5.41, 5.74) is 0.975. The first-order chi connectivity index (χ1) is 11.2. The Hall–Kier alpha value is -2.28. The van der Waals surface area contributed by atoms with Gasteiger partial charge in [-0.3, -0.25) is 4.79 Å². The van der Waals surface area contributed by atoms with E-state index in [2.05, 4.69) is 16.0 Å². The van der Waals surface area contributed by atoms with Gasteiger partial charge in [0.1, 0.15) is 5.75 Å². The van der Waals surface area contributed by atoms with E-state index in [0.717, 1.165) is 24.3 Å². The van der Waals surface area contributed by atoms with Crippen LogP contribution in [0.5, 0.6) is 5.75 Å². The van der Waals surface area contributed by atoms with E-state index in [9.17, 15) is 4.79 Å². The quantitative estimate of drug-likeness (QED) is 0.592. The smallest absolute Gasteiger partial charge is 0.315 e. The Balaban J connectivity index is 0.000000816. The molecule has 2 rings (SSSR count). The molecule has 1 atom stereocenters.